The van der Waals surface area contributed by atoms with Crippen molar-refractivity contribution in [2.24, 2.45) is 0 Å². The van der Waals surface area contributed by atoms with Gasteiger partial charge in [-0.3, -0.25) is 15.6 Å². The van der Waals surface area contributed by atoms with Gasteiger partial charge in [0.15, 0.2) is 5.11 Å². The van der Waals surface area contributed by atoms with Gasteiger partial charge < -0.3 is 5.32 Å². The van der Waals surface area contributed by atoms with Gasteiger partial charge in [-0.05, 0) is 23.3 Å². The molecule has 2 aromatic rings. The molecule has 0 saturated carbocycles. The number of benzene rings is 2. The van der Waals surface area contributed by atoms with Gasteiger partial charge in [0, 0.05) is 6.54 Å². The number of hydrogen-bond donors (Lipinski definition) is 3. The third-order valence-corrected chi connectivity index (χ3v) is 3.07. The zero-order chi connectivity index (χ0) is 14.9. The van der Waals surface area contributed by atoms with E-state index in [0.29, 0.717) is 18.1 Å². The molecule has 5 heteroatoms. The van der Waals surface area contributed by atoms with Gasteiger partial charge in [0.25, 0.3) is 0 Å². The van der Waals surface area contributed by atoms with Crippen molar-refractivity contribution >= 4 is 23.2 Å². The topological polar surface area (TPSA) is 53.2 Å². The van der Waals surface area contributed by atoms with Crippen LogP contribution in [0.15, 0.2) is 60.7 Å². The van der Waals surface area contributed by atoms with Gasteiger partial charge in [0.05, 0.1) is 6.42 Å². The summed E-state index contributed by atoms with van der Waals surface area (Å²) in [6, 6.07) is 19.4. The van der Waals surface area contributed by atoms with E-state index in [4.69, 9.17) is 12.2 Å². The molecule has 0 unspecified atom stereocenters. The van der Waals surface area contributed by atoms with Crippen molar-refractivity contribution in [1.29, 1.82) is 0 Å². The summed E-state index contributed by atoms with van der Waals surface area (Å²) in [6.07, 6.45) is 0.315. The number of amides is 1. The van der Waals surface area contributed by atoms with Crippen LogP contribution in [0.3, 0.4) is 0 Å². The van der Waals surface area contributed by atoms with Crippen molar-refractivity contribution in [3.05, 3.63) is 71.8 Å². The largest absolute Gasteiger partial charge is 0.357 e. The van der Waals surface area contributed by atoms with Crippen LogP contribution in [-0.4, -0.2) is 11.0 Å². The molecule has 0 aliphatic rings. The summed E-state index contributed by atoms with van der Waals surface area (Å²) >= 11 is 5.10. The number of hydrogen-bond acceptors (Lipinski definition) is 2. The second kappa shape index (κ2) is 8.01. The molecule has 0 bridgehead atoms. The van der Waals surface area contributed by atoms with E-state index in [1.807, 2.05) is 60.7 Å². The van der Waals surface area contributed by atoms with E-state index < -0.39 is 0 Å². The summed E-state index contributed by atoms with van der Waals surface area (Å²) in [5, 5.41) is 3.41. The average Bonchev–Trinajstić information content (AvgIpc) is 2.53. The highest BCUT2D eigenvalue weighted by Crippen LogP contribution is 1.99. The maximum absolute atomic E-state index is 11.7. The Kier molecular flexibility index (Phi) is 5.72. The Balaban J connectivity index is 1.68. The van der Waals surface area contributed by atoms with Crippen LogP contribution in [0.2, 0.25) is 0 Å². The predicted octanol–water partition coefficient (Wildman–Crippen LogP) is 1.92. The second-order valence-electron chi connectivity index (χ2n) is 4.50. The highest BCUT2D eigenvalue weighted by molar-refractivity contribution is 7.80. The van der Waals surface area contributed by atoms with Crippen LogP contribution in [0.4, 0.5) is 0 Å². The number of rotatable bonds is 4. The summed E-state index contributed by atoms with van der Waals surface area (Å²) in [6.45, 7) is 0.612. The van der Waals surface area contributed by atoms with E-state index in [0.717, 1.165) is 11.1 Å². The minimum atomic E-state index is -0.134. The van der Waals surface area contributed by atoms with E-state index in [-0.39, 0.29) is 5.91 Å². The van der Waals surface area contributed by atoms with E-state index in [9.17, 15) is 4.79 Å². The van der Waals surface area contributed by atoms with Gasteiger partial charge in [0.1, 0.15) is 0 Å². The zero-order valence-corrected chi connectivity index (χ0v) is 12.3. The zero-order valence-electron chi connectivity index (χ0n) is 11.5. The van der Waals surface area contributed by atoms with Crippen LogP contribution >= 0.6 is 12.2 Å². The maximum atomic E-state index is 11.7. The summed E-state index contributed by atoms with van der Waals surface area (Å²) in [5.41, 5.74) is 7.35. The maximum Gasteiger partial charge on any atom is 0.242 e. The molecule has 108 valence electrons. The molecular formula is C16H17N3OS. The molecule has 0 heterocycles. The van der Waals surface area contributed by atoms with Crippen LogP contribution < -0.4 is 16.2 Å². The molecule has 0 aromatic heterocycles. The molecule has 0 saturated heterocycles. The Morgan fingerprint density at radius 3 is 2.05 bits per heavy atom. The molecule has 0 fully saturated rings. The third-order valence-electron chi connectivity index (χ3n) is 2.82. The molecule has 4 nitrogen and oxygen atoms in total. The summed E-state index contributed by atoms with van der Waals surface area (Å²) in [4.78, 5) is 11.7. The van der Waals surface area contributed by atoms with Crippen LogP contribution in [-0.2, 0) is 17.8 Å². The first-order valence-corrected chi connectivity index (χ1v) is 7.05. The molecular weight excluding hydrogens is 282 g/mol. The molecule has 0 aliphatic heterocycles. The Morgan fingerprint density at radius 1 is 0.857 bits per heavy atom. The fraction of sp³-hybridized carbons (Fsp3) is 0.125. The summed E-state index contributed by atoms with van der Waals surface area (Å²) in [7, 11) is 0. The van der Waals surface area contributed by atoms with Crippen molar-refractivity contribution in [3.8, 4) is 0 Å². The highest BCUT2D eigenvalue weighted by Gasteiger charge is 2.03. The van der Waals surface area contributed by atoms with E-state index >= 15 is 0 Å². The molecule has 3 N–H and O–H groups in total. The Hall–Kier alpha value is -2.40. The quantitative estimate of drug-likeness (QED) is 0.596. The second-order valence-corrected chi connectivity index (χ2v) is 4.91. The molecule has 21 heavy (non-hydrogen) atoms. The standard InChI is InChI=1S/C16H17N3OS/c20-15(11-13-7-3-1-4-8-13)18-19-16(21)17-12-14-9-5-2-6-10-14/h1-10H,11-12H2,(H,18,20)(H2,17,19,21). The summed E-state index contributed by atoms with van der Waals surface area (Å²) in [5.74, 6) is -0.134. The lowest BCUT2D eigenvalue weighted by Gasteiger charge is -2.11. The third kappa shape index (κ3) is 5.62. The fourth-order valence-electron chi connectivity index (χ4n) is 1.77. The predicted molar refractivity (Wildman–Crippen MR) is 87.3 cm³/mol. The monoisotopic (exact) mass is 299 g/mol. The van der Waals surface area contributed by atoms with Crippen LogP contribution in [0.1, 0.15) is 11.1 Å². The van der Waals surface area contributed by atoms with Gasteiger partial charge in [-0.15, -0.1) is 0 Å². The Labute approximate surface area is 129 Å². The Morgan fingerprint density at radius 2 is 1.43 bits per heavy atom. The normalized spacial score (nSPS) is 9.71. The minimum absolute atomic E-state index is 0.134. The van der Waals surface area contributed by atoms with Gasteiger partial charge in [-0.2, -0.15) is 0 Å². The van der Waals surface area contributed by atoms with E-state index in [2.05, 4.69) is 16.2 Å². The molecule has 1 amide bonds. The van der Waals surface area contributed by atoms with Crippen LogP contribution in [0.5, 0.6) is 0 Å². The van der Waals surface area contributed by atoms with Crippen molar-refractivity contribution in [3.63, 3.8) is 0 Å². The lowest BCUT2D eigenvalue weighted by molar-refractivity contribution is -0.121. The molecule has 2 rings (SSSR count). The fourth-order valence-corrected chi connectivity index (χ4v) is 1.90. The summed E-state index contributed by atoms with van der Waals surface area (Å²) < 4.78 is 0. The molecule has 0 aliphatic carbocycles. The van der Waals surface area contributed by atoms with E-state index in [1.165, 1.54) is 0 Å². The number of hydrazine groups is 1. The first-order chi connectivity index (χ1) is 10.2. The molecule has 2 aromatic carbocycles. The average molecular weight is 299 g/mol. The van der Waals surface area contributed by atoms with Crippen molar-refractivity contribution in [2.45, 2.75) is 13.0 Å². The van der Waals surface area contributed by atoms with Gasteiger partial charge in [-0.25, -0.2) is 0 Å². The lowest BCUT2D eigenvalue weighted by atomic mass is 10.1. The highest BCUT2D eigenvalue weighted by atomic mass is 32.1. The van der Waals surface area contributed by atoms with E-state index in [1.54, 1.807) is 0 Å². The molecule has 0 atom stereocenters. The van der Waals surface area contributed by atoms with Gasteiger partial charge in [0.2, 0.25) is 5.91 Å². The first kappa shape index (κ1) is 15.0. The number of carbonyl (C=O) groups is 1. The number of carbonyl (C=O) groups excluding carboxylic acids is 1. The minimum Gasteiger partial charge on any atom is -0.357 e. The molecule has 0 spiro atoms. The first-order valence-electron chi connectivity index (χ1n) is 6.64. The van der Waals surface area contributed by atoms with Gasteiger partial charge in [-0.1, -0.05) is 60.7 Å². The molecule has 0 radical (unpaired) electrons. The van der Waals surface area contributed by atoms with Crippen molar-refractivity contribution < 1.29 is 4.79 Å². The smallest absolute Gasteiger partial charge is 0.242 e. The Bertz CT molecular complexity index is 587. The van der Waals surface area contributed by atoms with Crippen LogP contribution in [0.25, 0.3) is 0 Å². The van der Waals surface area contributed by atoms with Gasteiger partial charge >= 0.3 is 0 Å². The number of thiocarbonyl (C=S) groups is 1. The van der Waals surface area contributed by atoms with Crippen molar-refractivity contribution in [1.82, 2.24) is 16.2 Å². The number of nitrogens with one attached hydrogen (secondary N) is 3. The SMILES string of the molecule is O=C(Cc1ccccc1)NNC(=S)NCc1ccccc1. The van der Waals surface area contributed by atoms with Crippen LogP contribution in [0, 0.1) is 0 Å². The lowest BCUT2D eigenvalue weighted by Crippen LogP contribution is -2.47. The van der Waals surface area contributed by atoms with Crippen molar-refractivity contribution in [2.75, 3.05) is 0 Å².